The van der Waals surface area contributed by atoms with Gasteiger partial charge in [-0.15, -0.1) is 0 Å². The molecule has 6 heteroatoms. The van der Waals surface area contributed by atoms with Gasteiger partial charge in [0.05, 0.1) is 18.2 Å². The second-order valence-corrected chi connectivity index (χ2v) is 4.66. The normalized spacial score (nSPS) is 14.8. The third-order valence-corrected chi connectivity index (χ3v) is 3.41. The van der Waals surface area contributed by atoms with Crippen molar-refractivity contribution >= 4 is 24.1 Å². The molecule has 1 aliphatic rings. The van der Waals surface area contributed by atoms with Gasteiger partial charge in [0, 0.05) is 6.42 Å². The molecule has 2 rings (SSSR count). The maximum atomic E-state index is 12.3. The molecule has 1 aromatic carbocycles. The van der Waals surface area contributed by atoms with Gasteiger partial charge in [-0.3, -0.25) is 14.5 Å². The zero-order valence-corrected chi connectivity index (χ0v) is 11.6. The molecule has 0 bridgehead atoms. The van der Waals surface area contributed by atoms with Crippen molar-refractivity contribution in [3.8, 4) is 0 Å². The third kappa shape index (κ3) is 2.69. The molecule has 0 aliphatic carbocycles. The highest BCUT2D eigenvalue weighted by Gasteiger charge is 2.42. The van der Waals surface area contributed by atoms with E-state index >= 15 is 0 Å². The number of esters is 1. The Morgan fingerprint density at radius 3 is 2.29 bits per heavy atom. The maximum Gasteiger partial charge on any atom is 0.329 e. The van der Waals surface area contributed by atoms with E-state index < -0.39 is 23.8 Å². The Bertz CT molecular complexity index is 560. The Morgan fingerprint density at radius 2 is 1.81 bits per heavy atom. The molecule has 110 valence electrons. The van der Waals surface area contributed by atoms with Crippen molar-refractivity contribution in [3.05, 3.63) is 35.4 Å². The van der Waals surface area contributed by atoms with Gasteiger partial charge < -0.3 is 9.53 Å². The third-order valence-electron chi connectivity index (χ3n) is 3.41. The number of amides is 2. The van der Waals surface area contributed by atoms with Gasteiger partial charge in [-0.25, -0.2) is 4.79 Å². The van der Waals surface area contributed by atoms with Crippen LogP contribution in [0.3, 0.4) is 0 Å². The van der Waals surface area contributed by atoms with Crippen molar-refractivity contribution in [2.24, 2.45) is 0 Å². The van der Waals surface area contributed by atoms with Crippen molar-refractivity contribution in [1.29, 1.82) is 0 Å². The van der Waals surface area contributed by atoms with E-state index in [1.807, 2.05) is 0 Å². The number of carbonyl (C=O) groups is 4. The van der Waals surface area contributed by atoms with E-state index in [2.05, 4.69) is 4.74 Å². The number of benzene rings is 1. The fourth-order valence-corrected chi connectivity index (χ4v) is 2.37. The van der Waals surface area contributed by atoms with Gasteiger partial charge in [0.2, 0.25) is 0 Å². The number of ether oxygens (including phenoxy) is 1. The summed E-state index contributed by atoms with van der Waals surface area (Å²) in [5.41, 5.74) is 0.568. The molecular weight excluding hydrogens is 274 g/mol. The number of unbranched alkanes of at least 4 members (excludes halogenated alkanes) is 1. The summed E-state index contributed by atoms with van der Waals surface area (Å²) in [6, 6.07) is 5.42. The second kappa shape index (κ2) is 6.30. The topological polar surface area (TPSA) is 80.8 Å². The van der Waals surface area contributed by atoms with Gasteiger partial charge in [-0.2, -0.15) is 0 Å². The molecule has 1 atom stereocenters. The molecular formula is C15H15NO5. The molecule has 2 amide bonds. The molecule has 0 saturated carbocycles. The highest BCUT2D eigenvalue weighted by Crippen LogP contribution is 2.26. The largest absolute Gasteiger partial charge is 0.467 e. The summed E-state index contributed by atoms with van der Waals surface area (Å²) in [4.78, 5) is 47.9. The number of rotatable bonds is 6. The number of hydrogen-bond acceptors (Lipinski definition) is 5. The van der Waals surface area contributed by atoms with Crippen molar-refractivity contribution in [3.63, 3.8) is 0 Å². The minimum absolute atomic E-state index is 0.205. The second-order valence-electron chi connectivity index (χ2n) is 4.66. The van der Waals surface area contributed by atoms with E-state index in [4.69, 9.17) is 0 Å². The van der Waals surface area contributed by atoms with E-state index in [1.165, 1.54) is 7.11 Å². The predicted octanol–water partition coefficient (Wildman–Crippen LogP) is 1.19. The lowest BCUT2D eigenvalue weighted by Gasteiger charge is -2.23. The van der Waals surface area contributed by atoms with Crippen LogP contribution in [-0.2, 0) is 14.3 Å². The Hall–Kier alpha value is -2.50. The molecule has 1 heterocycles. The summed E-state index contributed by atoms with van der Waals surface area (Å²) in [7, 11) is 1.20. The average Bonchev–Trinajstić information content (AvgIpc) is 2.76. The van der Waals surface area contributed by atoms with Crippen LogP contribution in [0.2, 0.25) is 0 Å². The SMILES string of the molecule is COC(=O)C(CCCC=O)N1C(=O)c2ccccc2C1=O. The number of fused-ring (bicyclic) bond motifs is 1. The van der Waals surface area contributed by atoms with Crippen LogP contribution >= 0.6 is 0 Å². The number of hydrogen-bond donors (Lipinski definition) is 0. The zero-order chi connectivity index (χ0) is 15.4. The van der Waals surface area contributed by atoms with E-state index in [-0.39, 0.29) is 24.0 Å². The van der Waals surface area contributed by atoms with Gasteiger partial charge in [0.25, 0.3) is 11.8 Å². The Labute approximate surface area is 121 Å². The van der Waals surface area contributed by atoms with Gasteiger partial charge in [-0.1, -0.05) is 12.1 Å². The molecule has 1 aromatic rings. The molecule has 6 nitrogen and oxygen atoms in total. The molecule has 0 N–H and O–H groups in total. The molecule has 0 fully saturated rings. The van der Waals surface area contributed by atoms with Crippen molar-refractivity contribution in [2.45, 2.75) is 25.3 Å². The van der Waals surface area contributed by atoms with Crippen molar-refractivity contribution in [2.75, 3.05) is 7.11 Å². The molecule has 0 saturated heterocycles. The first kappa shape index (κ1) is 14.9. The fourth-order valence-electron chi connectivity index (χ4n) is 2.37. The highest BCUT2D eigenvalue weighted by atomic mass is 16.5. The minimum atomic E-state index is -0.998. The summed E-state index contributed by atoms with van der Waals surface area (Å²) in [5.74, 6) is -1.66. The first-order valence-corrected chi connectivity index (χ1v) is 6.60. The van der Waals surface area contributed by atoms with E-state index in [9.17, 15) is 19.2 Å². The number of aldehydes is 1. The van der Waals surface area contributed by atoms with Crippen LogP contribution < -0.4 is 0 Å². The quantitative estimate of drug-likeness (QED) is 0.340. The molecule has 1 unspecified atom stereocenters. The molecule has 21 heavy (non-hydrogen) atoms. The zero-order valence-electron chi connectivity index (χ0n) is 11.6. The van der Waals surface area contributed by atoms with Gasteiger partial charge in [0.15, 0.2) is 0 Å². The standard InChI is InChI=1S/C15H15NO5/c1-21-15(20)12(8-4-5-9-17)16-13(18)10-6-2-3-7-11(10)14(16)19/h2-3,6-7,9,12H,4-5,8H2,1H3. The Kier molecular flexibility index (Phi) is 4.47. The maximum absolute atomic E-state index is 12.3. The van der Waals surface area contributed by atoms with Crippen LogP contribution in [0.5, 0.6) is 0 Å². The highest BCUT2D eigenvalue weighted by molar-refractivity contribution is 6.22. The fraction of sp³-hybridized carbons (Fsp3) is 0.333. The number of imide groups is 1. The number of carbonyl (C=O) groups excluding carboxylic acids is 4. The monoisotopic (exact) mass is 289 g/mol. The Balaban J connectivity index is 2.29. The molecule has 1 aliphatic heterocycles. The summed E-state index contributed by atoms with van der Waals surface area (Å²) < 4.78 is 4.68. The summed E-state index contributed by atoms with van der Waals surface area (Å²) in [5, 5.41) is 0. The summed E-state index contributed by atoms with van der Waals surface area (Å²) >= 11 is 0. The number of methoxy groups -OCH3 is 1. The molecule has 0 spiro atoms. The first-order chi connectivity index (χ1) is 10.1. The summed E-state index contributed by atoms with van der Waals surface area (Å²) in [6.45, 7) is 0. The van der Waals surface area contributed by atoms with Crippen molar-refractivity contribution in [1.82, 2.24) is 4.90 Å². The van der Waals surface area contributed by atoms with Gasteiger partial charge >= 0.3 is 5.97 Å². The van der Waals surface area contributed by atoms with Crippen LogP contribution in [0, 0.1) is 0 Å². The van der Waals surface area contributed by atoms with E-state index in [1.54, 1.807) is 24.3 Å². The smallest absolute Gasteiger partial charge is 0.329 e. The van der Waals surface area contributed by atoms with Gasteiger partial charge in [-0.05, 0) is 25.0 Å². The van der Waals surface area contributed by atoms with Crippen LogP contribution in [0.1, 0.15) is 40.0 Å². The lowest BCUT2D eigenvalue weighted by Crippen LogP contribution is -2.45. The van der Waals surface area contributed by atoms with Crippen LogP contribution in [0.4, 0.5) is 0 Å². The minimum Gasteiger partial charge on any atom is -0.467 e. The lowest BCUT2D eigenvalue weighted by atomic mass is 10.1. The predicted molar refractivity (Wildman–Crippen MR) is 72.7 cm³/mol. The molecule has 0 aromatic heterocycles. The number of nitrogens with zero attached hydrogens (tertiary/aromatic N) is 1. The average molecular weight is 289 g/mol. The Morgan fingerprint density at radius 1 is 1.24 bits per heavy atom. The van der Waals surface area contributed by atoms with E-state index in [0.717, 1.165) is 11.2 Å². The van der Waals surface area contributed by atoms with Crippen molar-refractivity contribution < 1.29 is 23.9 Å². The van der Waals surface area contributed by atoms with E-state index in [0.29, 0.717) is 6.42 Å². The van der Waals surface area contributed by atoms with Crippen LogP contribution in [-0.4, -0.2) is 42.1 Å². The summed E-state index contributed by atoms with van der Waals surface area (Å²) in [6.07, 6.45) is 1.60. The lowest BCUT2D eigenvalue weighted by molar-refractivity contribution is -0.145. The first-order valence-electron chi connectivity index (χ1n) is 6.60. The van der Waals surface area contributed by atoms with Crippen LogP contribution in [0.15, 0.2) is 24.3 Å². The molecule has 0 radical (unpaired) electrons. The van der Waals surface area contributed by atoms with Crippen LogP contribution in [0.25, 0.3) is 0 Å². The van der Waals surface area contributed by atoms with Gasteiger partial charge in [0.1, 0.15) is 12.3 Å².